The lowest BCUT2D eigenvalue weighted by Gasteiger charge is -2.13. The van der Waals surface area contributed by atoms with Crippen molar-refractivity contribution in [2.45, 2.75) is 18.0 Å². The van der Waals surface area contributed by atoms with Crippen LogP contribution in [0, 0.1) is 24.1 Å². The van der Waals surface area contributed by atoms with Crippen LogP contribution in [0.5, 0.6) is 0 Å². The highest BCUT2D eigenvalue weighted by Gasteiger charge is 2.29. The van der Waals surface area contributed by atoms with Gasteiger partial charge in [0.15, 0.2) is 5.16 Å². The number of hydrogen-bond donors (Lipinski definition) is 2. The Kier molecular flexibility index (Phi) is 4.46. The van der Waals surface area contributed by atoms with E-state index < -0.39 is 0 Å². The molecule has 0 aliphatic carbocycles. The zero-order valence-corrected chi connectivity index (χ0v) is 13.3. The van der Waals surface area contributed by atoms with E-state index in [9.17, 15) is 9.65 Å². The van der Waals surface area contributed by atoms with Crippen LogP contribution in [0.1, 0.15) is 17.0 Å². The van der Waals surface area contributed by atoms with E-state index in [1.807, 2.05) is 6.92 Å². The largest absolute Gasteiger partial charge is 0.396 e. The van der Waals surface area contributed by atoms with E-state index in [0.717, 1.165) is 16.7 Å². The highest BCUT2D eigenvalue weighted by molar-refractivity contribution is 7.99. The quantitative estimate of drug-likeness (QED) is 0.662. The molecule has 1 aliphatic rings. The molecule has 3 rings (SSSR count). The van der Waals surface area contributed by atoms with E-state index in [2.05, 4.69) is 21.4 Å². The third-order valence-electron chi connectivity index (χ3n) is 3.67. The molecule has 118 valence electrons. The van der Waals surface area contributed by atoms with Gasteiger partial charge in [0.25, 0.3) is 0 Å². The number of anilines is 1. The Balaban J connectivity index is 2.17. The molecule has 0 saturated heterocycles. The lowest BCUT2D eigenvalue weighted by Crippen LogP contribution is -2.02. The molecule has 2 aromatic rings. The van der Waals surface area contributed by atoms with E-state index in [1.165, 1.54) is 23.9 Å². The lowest BCUT2D eigenvalue weighted by molar-refractivity contribution is 0.322. The molecule has 5 nitrogen and oxygen atoms in total. The van der Waals surface area contributed by atoms with Gasteiger partial charge in [-0.2, -0.15) is 5.26 Å². The SMILES string of the molecule is Cc1cc(F)ccc1-c1nc(SCCO)nc2c1C(C#N)CN2. The summed E-state index contributed by atoms with van der Waals surface area (Å²) in [5.41, 5.74) is 2.97. The average molecular weight is 330 g/mol. The van der Waals surface area contributed by atoms with Crippen molar-refractivity contribution >= 4 is 17.6 Å². The molecule has 0 spiro atoms. The molecule has 0 radical (unpaired) electrons. The van der Waals surface area contributed by atoms with Gasteiger partial charge in [0, 0.05) is 23.4 Å². The summed E-state index contributed by atoms with van der Waals surface area (Å²) < 4.78 is 13.4. The number of nitrogens with one attached hydrogen (secondary N) is 1. The Morgan fingerprint density at radius 1 is 1.48 bits per heavy atom. The van der Waals surface area contributed by atoms with E-state index in [1.54, 1.807) is 6.07 Å². The van der Waals surface area contributed by atoms with Crippen LogP contribution in [0.4, 0.5) is 10.2 Å². The average Bonchev–Trinajstić information content (AvgIpc) is 2.95. The molecule has 2 N–H and O–H groups in total. The summed E-state index contributed by atoms with van der Waals surface area (Å²) in [6, 6.07) is 6.78. The van der Waals surface area contributed by atoms with Crippen molar-refractivity contribution in [3.8, 4) is 17.3 Å². The minimum absolute atomic E-state index is 0.0320. The van der Waals surface area contributed by atoms with Crippen LogP contribution in [0.15, 0.2) is 23.4 Å². The van der Waals surface area contributed by atoms with Crippen molar-refractivity contribution in [1.82, 2.24) is 9.97 Å². The van der Waals surface area contributed by atoms with Gasteiger partial charge in [0.1, 0.15) is 11.6 Å². The molecule has 0 amide bonds. The van der Waals surface area contributed by atoms with Gasteiger partial charge >= 0.3 is 0 Å². The molecule has 1 unspecified atom stereocenters. The molecule has 23 heavy (non-hydrogen) atoms. The van der Waals surface area contributed by atoms with E-state index >= 15 is 0 Å². The summed E-state index contributed by atoms with van der Waals surface area (Å²) in [5, 5.41) is 22.0. The van der Waals surface area contributed by atoms with Crippen molar-refractivity contribution in [3.63, 3.8) is 0 Å². The van der Waals surface area contributed by atoms with E-state index in [0.29, 0.717) is 29.0 Å². The van der Waals surface area contributed by atoms with Gasteiger partial charge in [-0.1, -0.05) is 11.8 Å². The summed E-state index contributed by atoms with van der Waals surface area (Å²) in [7, 11) is 0. The van der Waals surface area contributed by atoms with Crippen molar-refractivity contribution in [1.29, 1.82) is 5.26 Å². The van der Waals surface area contributed by atoms with Crippen molar-refractivity contribution in [2.75, 3.05) is 24.2 Å². The summed E-state index contributed by atoms with van der Waals surface area (Å²) in [5.74, 6) is 0.497. The molecular formula is C16H15FN4OS. The summed E-state index contributed by atoms with van der Waals surface area (Å²) in [4.78, 5) is 8.99. The number of hydrogen-bond acceptors (Lipinski definition) is 6. The standard InChI is InChI=1S/C16H15FN4OS/c1-9-6-11(17)2-3-12(9)14-13-10(7-18)8-19-15(13)21-16(20-14)23-5-4-22/h2-3,6,10,22H,4-5,8H2,1H3,(H,19,20,21). The van der Waals surface area contributed by atoms with Crippen molar-refractivity contribution in [3.05, 3.63) is 35.1 Å². The van der Waals surface area contributed by atoms with Crippen LogP contribution in [0.2, 0.25) is 0 Å². The first-order chi connectivity index (χ1) is 11.1. The highest BCUT2D eigenvalue weighted by atomic mass is 32.2. The minimum Gasteiger partial charge on any atom is -0.396 e. The first kappa shape index (κ1) is 15.7. The van der Waals surface area contributed by atoms with Gasteiger partial charge in [-0.15, -0.1) is 0 Å². The third kappa shape index (κ3) is 3.00. The normalized spacial score (nSPS) is 15.8. The maximum Gasteiger partial charge on any atom is 0.190 e. The summed E-state index contributed by atoms with van der Waals surface area (Å²) >= 11 is 1.34. The second-order valence-electron chi connectivity index (χ2n) is 5.21. The second-order valence-corrected chi connectivity index (χ2v) is 6.27. The minimum atomic E-state index is -0.332. The molecule has 0 bridgehead atoms. The van der Waals surface area contributed by atoms with Gasteiger partial charge in [0.05, 0.1) is 24.3 Å². The number of aryl methyl sites for hydroxylation is 1. The fraction of sp³-hybridized carbons (Fsp3) is 0.312. The predicted octanol–water partition coefficient (Wildman–Crippen LogP) is 2.71. The highest BCUT2D eigenvalue weighted by Crippen LogP contribution is 2.39. The molecule has 7 heteroatoms. The maximum absolute atomic E-state index is 13.4. The van der Waals surface area contributed by atoms with Crippen LogP contribution in [-0.4, -0.2) is 34.0 Å². The van der Waals surface area contributed by atoms with Gasteiger partial charge in [0.2, 0.25) is 0 Å². The number of fused-ring (bicyclic) bond motifs is 1. The number of halogens is 1. The number of nitriles is 1. The molecule has 0 saturated carbocycles. The Labute approximate surface area is 137 Å². The number of thioether (sulfide) groups is 1. The second kappa shape index (κ2) is 6.52. The molecule has 0 fully saturated rings. The van der Waals surface area contributed by atoms with E-state index in [4.69, 9.17) is 5.11 Å². The third-order valence-corrected chi connectivity index (χ3v) is 4.50. The molecule has 1 aromatic carbocycles. The van der Waals surface area contributed by atoms with Crippen LogP contribution < -0.4 is 5.32 Å². The number of nitrogens with zero attached hydrogens (tertiary/aromatic N) is 3. The number of benzene rings is 1. The van der Waals surface area contributed by atoms with Crippen LogP contribution in [0.3, 0.4) is 0 Å². The predicted molar refractivity (Wildman–Crippen MR) is 86.8 cm³/mol. The van der Waals surface area contributed by atoms with Crippen LogP contribution in [0.25, 0.3) is 11.3 Å². The number of rotatable bonds is 4. The molecule has 1 aliphatic heterocycles. The van der Waals surface area contributed by atoms with Gasteiger partial charge in [-0.25, -0.2) is 14.4 Å². The zero-order valence-electron chi connectivity index (χ0n) is 12.5. The maximum atomic E-state index is 13.4. The Hall–Kier alpha value is -2.17. The van der Waals surface area contributed by atoms with Crippen molar-refractivity contribution in [2.24, 2.45) is 0 Å². The molecular weight excluding hydrogens is 315 g/mol. The van der Waals surface area contributed by atoms with Gasteiger partial charge in [-0.05, 0) is 30.7 Å². The first-order valence-electron chi connectivity index (χ1n) is 7.19. The number of aromatic nitrogens is 2. The monoisotopic (exact) mass is 330 g/mol. The van der Waals surface area contributed by atoms with E-state index in [-0.39, 0.29) is 18.3 Å². The molecule has 2 heterocycles. The summed E-state index contributed by atoms with van der Waals surface area (Å²) in [6.07, 6.45) is 0. The topological polar surface area (TPSA) is 81.8 Å². The fourth-order valence-electron chi connectivity index (χ4n) is 2.62. The van der Waals surface area contributed by atoms with Gasteiger partial charge < -0.3 is 10.4 Å². The Bertz CT molecular complexity index is 790. The smallest absolute Gasteiger partial charge is 0.190 e. The zero-order chi connectivity index (χ0) is 16.4. The molecule has 1 aromatic heterocycles. The molecule has 1 atom stereocenters. The fourth-order valence-corrected chi connectivity index (χ4v) is 3.21. The van der Waals surface area contributed by atoms with Gasteiger partial charge in [-0.3, -0.25) is 0 Å². The first-order valence-corrected chi connectivity index (χ1v) is 8.18. The Morgan fingerprint density at radius 2 is 2.30 bits per heavy atom. The van der Waals surface area contributed by atoms with Crippen molar-refractivity contribution < 1.29 is 9.50 Å². The number of aliphatic hydroxyl groups excluding tert-OH is 1. The summed E-state index contributed by atoms with van der Waals surface area (Å²) in [6.45, 7) is 2.34. The van der Waals surface area contributed by atoms with Crippen LogP contribution >= 0.6 is 11.8 Å². The van der Waals surface area contributed by atoms with Crippen LogP contribution in [-0.2, 0) is 0 Å². The number of aliphatic hydroxyl groups is 1. The lowest BCUT2D eigenvalue weighted by atomic mass is 9.96. The Morgan fingerprint density at radius 3 is 3.00 bits per heavy atom.